The van der Waals surface area contributed by atoms with Gasteiger partial charge in [0.1, 0.15) is 0 Å². The van der Waals surface area contributed by atoms with Crippen LogP contribution in [0.2, 0.25) is 0 Å². The van der Waals surface area contributed by atoms with Gasteiger partial charge in [-0.05, 0) is 31.7 Å². The average molecular weight is 238 g/mol. The van der Waals surface area contributed by atoms with Gasteiger partial charge in [0.25, 0.3) is 0 Å². The Labute approximate surface area is 105 Å². The molecule has 17 heavy (non-hydrogen) atoms. The van der Waals surface area contributed by atoms with E-state index in [4.69, 9.17) is 0 Å². The summed E-state index contributed by atoms with van der Waals surface area (Å²) < 4.78 is 1.90. The molecular weight excluding hydrogens is 212 g/mol. The summed E-state index contributed by atoms with van der Waals surface area (Å²) in [6.45, 7) is 8.50. The van der Waals surface area contributed by atoms with Gasteiger partial charge in [-0.25, -0.2) is 0 Å². The van der Waals surface area contributed by atoms with Gasteiger partial charge in [-0.1, -0.05) is 26.7 Å². The number of hydrogen-bond acceptors (Lipinski definition) is 2. The Morgan fingerprint density at radius 3 is 2.47 bits per heavy atom. The van der Waals surface area contributed by atoms with Crippen molar-refractivity contribution in [1.29, 1.82) is 0 Å². The van der Waals surface area contributed by atoms with Gasteiger partial charge in [0.05, 0.1) is 11.8 Å². The fourth-order valence-corrected chi connectivity index (χ4v) is 2.51. The van der Waals surface area contributed by atoms with Crippen LogP contribution in [0.5, 0.6) is 0 Å². The van der Waals surface area contributed by atoms with Crippen molar-refractivity contribution in [2.75, 3.05) is 0 Å². The Balaban J connectivity index is 2.58. The van der Waals surface area contributed by atoms with E-state index in [2.05, 4.69) is 25.9 Å². The second-order valence-electron chi connectivity index (χ2n) is 5.26. The molecule has 2 atom stereocenters. The van der Waals surface area contributed by atoms with E-state index in [1.165, 1.54) is 24.1 Å². The van der Waals surface area contributed by atoms with E-state index in [1.54, 1.807) is 0 Å². The molecule has 1 heterocycles. The normalized spacial score (nSPS) is 14.9. The first-order valence-electron chi connectivity index (χ1n) is 6.62. The highest BCUT2D eigenvalue weighted by Crippen LogP contribution is 2.19. The van der Waals surface area contributed by atoms with Crippen molar-refractivity contribution < 1.29 is 5.11 Å². The molecule has 3 nitrogen and oxygen atoms in total. The van der Waals surface area contributed by atoms with E-state index in [-0.39, 0.29) is 6.10 Å². The minimum atomic E-state index is -0.238. The molecule has 98 valence electrons. The quantitative estimate of drug-likeness (QED) is 0.827. The first-order chi connectivity index (χ1) is 7.95. The van der Waals surface area contributed by atoms with Crippen LogP contribution in [0.3, 0.4) is 0 Å². The Kier molecular flexibility index (Phi) is 5.19. The van der Waals surface area contributed by atoms with E-state index in [0.717, 1.165) is 18.5 Å². The first-order valence-corrected chi connectivity index (χ1v) is 6.62. The lowest BCUT2D eigenvalue weighted by Gasteiger charge is -2.16. The smallest absolute Gasteiger partial charge is 0.0629 e. The number of nitrogens with zero attached hydrogens (tertiary/aromatic N) is 2. The van der Waals surface area contributed by atoms with Crippen molar-refractivity contribution >= 4 is 0 Å². The molecule has 1 aromatic heterocycles. The molecule has 0 amide bonds. The first kappa shape index (κ1) is 14.2. The van der Waals surface area contributed by atoms with Gasteiger partial charge in [-0.3, -0.25) is 4.68 Å². The lowest BCUT2D eigenvalue weighted by atomic mass is 9.94. The van der Waals surface area contributed by atoms with E-state index < -0.39 is 0 Å². The lowest BCUT2D eigenvalue weighted by molar-refractivity contribution is 0.143. The van der Waals surface area contributed by atoms with Crippen LogP contribution in [0.1, 0.15) is 50.1 Å². The number of aliphatic hydroxyl groups excluding tert-OH is 1. The highest BCUT2D eigenvalue weighted by atomic mass is 16.3. The molecular formula is C14H26N2O. The maximum Gasteiger partial charge on any atom is 0.0629 e. The zero-order valence-electron chi connectivity index (χ0n) is 11.8. The van der Waals surface area contributed by atoms with Crippen molar-refractivity contribution in [2.45, 2.75) is 59.5 Å². The van der Waals surface area contributed by atoms with Crippen LogP contribution in [0.4, 0.5) is 0 Å². The van der Waals surface area contributed by atoms with Gasteiger partial charge in [0.2, 0.25) is 0 Å². The summed E-state index contributed by atoms with van der Waals surface area (Å²) in [6.07, 6.45) is 3.78. The SMILES string of the molecule is CCCC(C)CC(O)Cc1c(C)nn(C)c1C. The van der Waals surface area contributed by atoms with Gasteiger partial charge < -0.3 is 5.11 Å². The molecule has 0 saturated heterocycles. The topological polar surface area (TPSA) is 38.1 Å². The van der Waals surface area contributed by atoms with Crippen molar-refractivity contribution in [1.82, 2.24) is 9.78 Å². The third-order valence-electron chi connectivity index (χ3n) is 3.55. The summed E-state index contributed by atoms with van der Waals surface area (Å²) in [4.78, 5) is 0. The van der Waals surface area contributed by atoms with Gasteiger partial charge >= 0.3 is 0 Å². The molecule has 1 aromatic rings. The number of aliphatic hydroxyl groups is 1. The van der Waals surface area contributed by atoms with Gasteiger partial charge in [0.15, 0.2) is 0 Å². The number of rotatable bonds is 6. The van der Waals surface area contributed by atoms with Crippen molar-refractivity contribution in [3.05, 3.63) is 17.0 Å². The Morgan fingerprint density at radius 2 is 2.00 bits per heavy atom. The Bertz CT molecular complexity index is 357. The van der Waals surface area contributed by atoms with Crippen LogP contribution in [-0.2, 0) is 13.5 Å². The Hall–Kier alpha value is -0.830. The highest BCUT2D eigenvalue weighted by molar-refractivity contribution is 5.25. The zero-order valence-corrected chi connectivity index (χ0v) is 11.8. The molecule has 0 radical (unpaired) electrons. The predicted octanol–water partition coefficient (Wildman–Crippen LogP) is 2.77. The number of hydrogen-bond donors (Lipinski definition) is 1. The zero-order chi connectivity index (χ0) is 13.0. The second-order valence-corrected chi connectivity index (χ2v) is 5.26. The van der Waals surface area contributed by atoms with E-state index in [0.29, 0.717) is 5.92 Å². The van der Waals surface area contributed by atoms with Gasteiger partial charge in [-0.15, -0.1) is 0 Å². The van der Waals surface area contributed by atoms with Crippen LogP contribution >= 0.6 is 0 Å². The molecule has 2 unspecified atom stereocenters. The molecule has 0 aliphatic rings. The number of aryl methyl sites for hydroxylation is 2. The largest absolute Gasteiger partial charge is 0.393 e. The second kappa shape index (κ2) is 6.20. The molecule has 0 fully saturated rings. The summed E-state index contributed by atoms with van der Waals surface area (Å²) >= 11 is 0. The van der Waals surface area contributed by atoms with E-state index in [9.17, 15) is 5.11 Å². The van der Waals surface area contributed by atoms with Crippen LogP contribution in [0, 0.1) is 19.8 Å². The summed E-state index contributed by atoms with van der Waals surface area (Å²) in [7, 11) is 1.96. The van der Waals surface area contributed by atoms with Crippen LogP contribution in [-0.4, -0.2) is 21.0 Å². The minimum Gasteiger partial charge on any atom is -0.393 e. The summed E-state index contributed by atoms with van der Waals surface area (Å²) in [5.74, 6) is 0.604. The van der Waals surface area contributed by atoms with E-state index in [1.807, 2.05) is 18.7 Å². The van der Waals surface area contributed by atoms with Gasteiger partial charge in [0, 0.05) is 19.2 Å². The van der Waals surface area contributed by atoms with Crippen molar-refractivity contribution in [3.8, 4) is 0 Å². The summed E-state index contributed by atoms with van der Waals surface area (Å²) in [5, 5.41) is 14.5. The van der Waals surface area contributed by atoms with Crippen molar-refractivity contribution in [3.63, 3.8) is 0 Å². The molecule has 0 aromatic carbocycles. The molecule has 1 N–H and O–H groups in total. The third kappa shape index (κ3) is 3.84. The minimum absolute atomic E-state index is 0.238. The maximum absolute atomic E-state index is 10.1. The summed E-state index contributed by atoms with van der Waals surface area (Å²) in [5.41, 5.74) is 3.43. The molecule has 0 aliphatic carbocycles. The average Bonchev–Trinajstić information content (AvgIpc) is 2.45. The summed E-state index contributed by atoms with van der Waals surface area (Å²) in [6, 6.07) is 0. The standard InChI is InChI=1S/C14H26N2O/c1-6-7-10(2)8-13(17)9-14-11(3)15-16(5)12(14)4/h10,13,17H,6-9H2,1-5H3. The maximum atomic E-state index is 10.1. The van der Waals surface area contributed by atoms with Crippen LogP contribution in [0.25, 0.3) is 0 Å². The van der Waals surface area contributed by atoms with Gasteiger partial charge in [-0.2, -0.15) is 5.10 Å². The molecule has 0 aliphatic heterocycles. The fourth-order valence-electron chi connectivity index (χ4n) is 2.51. The third-order valence-corrected chi connectivity index (χ3v) is 3.55. The lowest BCUT2D eigenvalue weighted by Crippen LogP contribution is -2.15. The molecule has 0 spiro atoms. The van der Waals surface area contributed by atoms with Crippen LogP contribution in [0.15, 0.2) is 0 Å². The number of aromatic nitrogens is 2. The molecule has 1 rings (SSSR count). The monoisotopic (exact) mass is 238 g/mol. The van der Waals surface area contributed by atoms with E-state index >= 15 is 0 Å². The molecule has 0 bridgehead atoms. The molecule has 0 saturated carbocycles. The molecule has 3 heteroatoms. The van der Waals surface area contributed by atoms with Crippen LogP contribution < -0.4 is 0 Å². The predicted molar refractivity (Wildman–Crippen MR) is 71.1 cm³/mol. The van der Waals surface area contributed by atoms with Crippen molar-refractivity contribution in [2.24, 2.45) is 13.0 Å². The highest BCUT2D eigenvalue weighted by Gasteiger charge is 2.16. The fraction of sp³-hybridized carbons (Fsp3) is 0.786. The Morgan fingerprint density at radius 1 is 1.35 bits per heavy atom.